The lowest BCUT2D eigenvalue weighted by atomic mass is 10.1. The lowest BCUT2D eigenvalue weighted by Gasteiger charge is -2.28. The Hall–Kier alpha value is -2.26. The molecule has 0 N–H and O–H groups in total. The van der Waals surface area contributed by atoms with Gasteiger partial charge in [-0.15, -0.1) is 17.0 Å². The zero-order valence-corrected chi connectivity index (χ0v) is 19.5. The molecule has 9 heteroatoms. The lowest BCUT2D eigenvalue weighted by molar-refractivity contribution is 0.0998. The Balaban J connectivity index is 0.00000320. The number of benzene rings is 2. The number of thioether (sulfide) groups is 1. The number of carbonyl (C=O) groups excluding carboxylic acids is 1. The molecule has 0 saturated carbocycles. The van der Waals surface area contributed by atoms with Crippen molar-refractivity contribution in [2.75, 3.05) is 45.1 Å². The number of rotatable bonds is 7. The van der Waals surface area contributed by atoms with Gasteiger partial charge in [-0.05, 0) is 30.7 Å². The highest BCUT2D eigenvalue weighted by Gasteiger charge is 2.25. The zero-order valence-electron chi connectivity index (χ0n) is 17.0. The Labute approximate surface area is 190 Å². The third-order valence-electron chi connectivity index (χ3n) is 4.47. The molecule has 2 aromatic rings. The number of hydrogen-bond donors (Lipinski definition) is 0. The zero-order chi connectivity index (χ0) is 20.8. The predicted octanol–water partition coefficient (Wildman–Crippen LogP) is 4.61. The van der Waals surface area contributed by atoms with E-state index in [9.17, 15) is 9.18 Å². The number of carbonyl (C=O) groups is 1. The molecule has 0 amide bonds. The summed E-state index contributed by atoms with van der Waals surface area (Å²) in [5.74, 6) is 1.46. The Bertz CT molecular complexity index is 926. The summed E-state index contributed by atoms with van der Waals surface area (Å²) >= 11 is 1.56. The van der Waals surface area contributed by atoms with E-state index in [2.05, 4.69) is 4.99 Å². The molecule has 0 radical (unpaired) electrons. The van der Waals surface area contributed by atoms with Crippen molar-refractivity contribution in [1.29, 1.82) is 0 Å². The molecule has 0 bridgehead atoms. The van der Waals surface area contributed by atoms with Crippen LogP contribution in [0.1, 0.15) is 16.8 Å². The van der Waals surface area contributed by atoms with Gasteiger partial charge in [0.1, 0.15) is 23.1 Å². The first kappa shape index (κ1) is 24.0. The molecule has 1 heterocycles. The van der Waals surface area contributed by atoms with Crippen LogP contribution in [0.15, 0.2) is 41.4 Å². The summed E-state index contributed by atoms with van der Waals surface area (Å²) < 4.78 is 30.3. The maximum Gasteiger partial charge on any atom is 0.185 e. The highest BCUT2D eigenvalue weighted by molar-refractivity contribution is 8.93. The molecule has 0 spiro atoms. The number of ketones is 1. The third kappa shape index (κ3) is 5.46. The number of nitrogens with zero attached hydrogens (tertiary/aromatic N) is 2. The van der Waals surface area contributed by atoms with Gasteiger partial charge in [0.25, 0.3) is 0 Å². The Kier molecular flexibility index (Phi) is 8.98. The molecule has 0 fully saturated rings. The second kappa shape index (κ2) is 11.2. The Morgan fingerprint density at radius 2 is 1.80 bits per heavy atom. The first-order valence-corrected chi connectivity index (χ1v) is 10.1. The minimum Gasteiger partial charge on any atom is -0.497 e. The number of amidine groups is 1. The largest absolute Gasteiger partial charge is 0.497 e. The fraction of sp³-hybridized carbons (Fsp3) is 0.333. The SMILES string of the molecule is Br.COc1ccc(C(=O)CN(C2=NCCCS2)c2cc(OC)ccc2OC)c(F)c1. The van der Waals surface area contributed by atoms with Crippen molar-refractivity contribution in [2.24, 2.45) is 4.99 Å². The molecule has 0 unspecified atom stereocenters. The summed E-state index contributed by atoms with van der Waals surface area (Å²) in [7, 11) is 4.58. The van der Waals surface area contributed by atoms with Crippen LogP contribution in [-0.2, 0) is 0 Å². The average molecular weight is 499 g/mol. The van der Waals surface area contributed by atoms with E-state index >= 15 is 0 Å². The minimum atomic E-state index is -0.620. The fourth-order valence-corrected chi connectivity index (χ4v) is 3.91. The number of halogens is 2. The van der Waals surface area contributed by atoms with Crippen molar-refractivity contribution in [3.63, 3.8) is 0 Å². The van der Waals surface area contributed by atoms with Crippen molar-refractivity contribution < 1.29 is 23.4 Å². The van der Waals surface area contributed by atoms with E-state index in [1.807, 2.05) is 0 Å². The van der Waals surface area contributed by atoms with Crippen LogP contribution in [0.4, 0.5) is 10.1 Å². The molecule has 6 nitrogen and oxygen atoms in total. The maximum absolute atomic E-state index is 14.4. The van der Waals surface area contributed by atoms with Crippen LogP contribution in [0.5, 0.6) is 17.2 Å². The van der Waals surface area contributed by atoms with Crippen LogP contribution < -0.4 is 19.1 Å². The van der Waals surface area contributed by atoms with Gasteiger partial charge >= 0.3 is 0 Å². The molecule has 0 atom stereocenters. The third-order valence-corrected chi connectivity index (χ3v) is 5.57. The summed E-state index contributed by atoms with van der Waals surface area (Å²) in [5, 5.41) is 0.699. The fourth-order valence-electron chi connectivity index (χ4n) is 2.95. The van der Waals surface area contributed by atoms with E-state index in [4.69, 9.17) is 14.2 Å². The minimum absolute atomic E-state index is 0. The van der Waals surface area contributed by atoms with E-state index in [-0.39, 0.29) is 34.9 Å². The van der Waals surface area contributed by atoms with Gasteiger partial charge < -0.3 is 19.1 Å². The van der Waals surface area contributed by atoms with E-state index in [0.29, 0.717) is 34.6 Å². The van der Waals surface area contributed by atoms with Crippen molar-refractivity contribution in [3.05, 3.63) is 47.8 Å². The van der Waals surface area contributed by atoms with Crippen molar-refractivity contribution in [3.8, 4) is 17.2 Å². The quantitative estimate of drug-likeness (QED) is 0.519. The monoisotopic (exact) mass is 498 g/mol. The van der Waals surface area contributed by atoms with Crippen LogP contribution in [0.3, 0.4) is 0 Å². The number of anilines is 1. The molecule has 3 rings (SSSR count). The maximum atomic E-state index is 14.4. The number of Topliss-reactive ketones (excluding diaryl/α,β-unsaturated/α-hetero) is 1. The second-order valence-electron chi connectivity index (χ2n) is 6.26. The summed E-state index contributed by atoms with van der Waals surface area (Å²) in [6.45, 7) is 0.592. The molecule has 2 aromatic carbocycles. The number of methoxy groups -OCH3 is 3. The summed E-state index contributed by atoms with van der Waals surface area (Å²) in [5.41, 5.74) is 0.640. The smallest absolute Gasteiger partial charge is 0.185 e. The molecule has 1 aliphatic rings. The molecule has 0 aromatic heterocycles. The van der Waals surface area contributed by atoms with Crippen LogP contribution in [0.2, 0.25) is 0 Å². The number of hydrogen-bond acceptors (Lipinski definition) is 7. The molecule has 1 aliphatic heterocycles. The predicted molar refractivity (Wildman–Crippen MR) is 124 cm³/mol. The van der Waals surface area contributed by atoms with Gasteiger partial charge in [0, 0.05) is 24.4 Å². The van der Waals surface area contributed by atoms with E-state index in [1.54, 1.807) is 55.1 Å². The highest BCUT2D eigenvalue weighted by atomic mass is 79.9. The standard InChI is InChI=1S/C21H23FN2O4S.BrH/c1-26-14-5-7-16(17(22)11-14)19(25)13-24(21-23-9-4-10-29-21)18-12-15(27-2)6-8-20(18)28-3;/h5-8,11-12H,4,9-10,13H2,1-3H3;1H. The lowest BCUT2D eigenvalue weighted by Crippen LogP contribution is -2.36. The second-order valence-corrected chi connectivity index (χ2v) is 7.32. The molecular weight excluding hydrogens is 475 g/mol. The van der Waals surface area contributed by atoms with Gasteiger partial charge in [-0.2, -0.15) is 0 Å². The first-order valence-electron chi connectivity index (χ1n) is 9.11. The van der Waals surface area contributed by atoms with Gasteiger partial charge in [0.15, 0.2) is 11.0 Å². The van der Waals surface area contributed by atoms with Gasteiger partial charge in [0.05, 0.1) is 39.1 Å². The summed E-state index contributed by atoms with van der Waals surface area (Å²) in [6, 6.07) is 9.55. The van der Waals surface area contributed by atoms with Gasteiger partial charge in [-0.3, -0.25) is 9.79 Å². The van der Waals surface area contributed by atoms with Crippen molar-refractivity contribution in [2.45, 2.75) is 6.42 Å². The molecular formula is C21H24BrFN2O4S. The van der Waals surface area contributed by atoms with E-state index in [1.165, 1.54) is 19.2 Å². The first-order chi connectivity index (χ1) is 14.1. The normalized spacial score (nSPS) is 13.0. The van der Waals surface area contributed by atoms with Crippen LogP contribution in [0, 0.1) is 5.82 Å². The van der Waals surface area contributed by atoms with Gasteiger partial charge in [-0.25, -0.2) is 4.39 Å². The van der Waals surface area contributed by atoms with Gasteiger partial charge in [0.2, 0.25) is 0 Å². The average Bonchev–Trinajstić information content (AvgIpc) is 2.77. The molecule has 30 heavy (non-hydrogen) atoms. The highest BCUT2D eigenvalue weighted by Crippen LogP contribution is 2.35. The number of aliphatic imine (C=N–C) groups is 1. The topological polar surface area (TPSA) is 60.4 Å². The Morgan fingerprint density at radius 1 is 1.10 bits per heavy atom. The van der Waals surface area contributed by atoms with Gasteiger partial charge in [-0.1, -0.05) is 11.8 Å². The molecule has 0 saturated heterocycles. The molecule has 0 aliphatic carbocycles. The number of ether oxygens (including phenoxy) is 3. The van der Waals surface area contributed by atoms with Crippen molar-refractivity contribution >= 4 is 45.4 Å². The van der Waals surface area contributed by atoms with Crippen LogP contribution in [-0.4, -0.2) is 51.1 Å². The Morgan fingerprint density at radius 3 is 2.40 bits per heavy atom. The van der Waals surface area contributed by atoms with Crippen LogP contribution >= 0.6 is 28.7 Å². The van der Waals surface area contributed by atoms with E-state index in [0.717, 1.165) is 12.2 Å². The molecule has 162 valence electrons. The van der Waals surface area contributed by atoms with Crippen LogP contribution in [0.25, 0.3) is 0 Å². The van der Waals surface area contributed by atoms with Crippen molar-refractivity contribution in [1.82, 2.24) is 0 Å². The summed E-state index contributed by atoms with van der Waals surface area (Å²) in [6.07, 6.45) is 0.971. The van der Waals surface area contributed by atoms with E-state index < -0.39 is 5.82 Å². The summed E-state index contributed by atoms with van der Waals surface area (Å²) in [4.78, 5) is 19.3.